The number of hydrogen-bond donors (Lipinski definition) is 1. The van der Waals surface area contributed by atoms with Crippen molar-refractivity contribution in [2.45, 2.75) is 69.7 Å². The molecule has 4 rings (SSSR count). The highest BCUT2D eigenvalue weighted by Gasteiger charge is 2.60. The Hall–Kier alpha value is -0.240. The molecule has 1 N–H and O–H groups in total. The lowest BCUT2D eigenvalue weighted by Crippen LogP contribution is -2.59. The zero-order valence-corrected chi connectivity index (χ0v) is 12.2. The van der Waals surface area contributed by atoms with Crippen LogP contribution in [0.5, 0.6) is 0 Å². The quantitative estimate of drug-likeness (QED) is 0.781. The standard InChI is InChI=1S/C15H24ClNO/c1-3-10(2)17-13(18)14-5-11-4-12(6-14)8-15(16,7-11)9-14/h10-12H,3-9H2,1-2H3,(H,17,18). The van der Waals surface area contributed by atoms with Gasteiger partial charge in [-0.25, -0.2) is 0 Å². The normalized spacial score (nSPS) is 47.1. The Morgan fingerprint density at radius 2 is 1.94 bits per heavy atom. The van der Waals surface area contributed by atoms with Crippen molar-refractivity contribution in [1.82, 2.24) is 5.32 Å². The molecule has 1 amide bonds. The average Bonchev–Trinajstić information content (AvgIpc) is 2.25. The highest BCUT2D eigenvalue weighted by atomic mass is 35.5. The third-order valence-corrected chi connectivity index (χ3v) is 5.90. The molecule has 0 aromatic heterocycles. The number of nitrogens with one attached hydrogen (secondary N) is 1. The van der Waals surface area contributed by atoms with E-state index in [0.717, 1.165) is 38.5 Å². The summed E-state index contributed by atoms with van der Waals surface area (Å²) in [6, 6.07) is 0.289. The van der Waals surface area contributed by atoms with Crippen LogP contribution in [0.15, 0.2) is 0 Å². The van der Waals surface area contributed by atoms with Crippen molar-refractivity contribution in [3.8, 4) is 0 Å². The van der Waals surface area contributed by atoms with Gasteiger partial charge in [0, 0.05) is 10.9 Å². The summed E-state index contributed by atoms with van der Waals surface area (Å²) in [7, 11) is 0. The van der Waals surface area contributed by atoms with E-state index in [4.69, 9.17) is 11.6 Å². The van der Waals surface area contributed by atoms with Gasteiger partial charge in [0.1, 0.15) is 0 Å². The first-order valence-corrected chi connectivity index (χ1v) is 7.82. The molecule has 0 heterocycles. The van der Waals surface area contributed by atoms with Crippen molar-refractivity contribution >= 4 is 17.5 Å². The molecule has 4 aliphatic rings. The summed E-state index contributed by atoms with van der Waals surface area (Å²) >= 11 is 6.75. The second-order valence-electron chi connectivity index (χ2n) is 7.18. The van der Waals surface area contributed by atoms with Gasteiger partial charge >= 0.3 is 0 Å². The molecule has 2 nitrogen and oxygen atoms in total. The molecule has 0 spiro atoms. The van der Waals surface area contributed by atoms with E-state index in [2.05, 4.69) is 19.2 Å². The van der Waals surface area contributed by atoms with Gasteiger partial charge in [-0.05, 0) is 63.7 Å². The maximum absolute atomic E-state index is 12.6. The summed E-state index contributed by atoms with van der Waals surface area (Å²) in [6.07, 6.45) is 7.68. The molecule has 0 saturated heterocycles. The van der Waals surface area contributed by atoms with Gasteiger partial charge in [-0.3, -0.25) is 4.79 Å². The van der Waals surface area contributed by atoms with Crippen molar-refractivity contribution in [2.24, 2.45) is 17.3 Å². The number of hydrogen-bond acceptors (Lipinski definition) is 1. The number of alkyl halides is 1. The summed E-state index contributed by atoms with van der Waals surface area (Å²) in [4.78, 5) is 12.6. The number of carbonyl (C=O) groups excluding carboxylic acids is 1. The maximum atomic E-state index is 12.6. The fourth-order valence-electron chi connectivity index (χ4n) is 4.90. The van der Waals surface area contributed by atoms with Crippen molar-refractivity contribution in [3.63, 3.8) is 0 Å². The molecule has 0 aromatic carbocycles. The largest absolute Gasteiger partial charge is 0.353 e. The van der Waals surface area contributed by atoms with E-state index in [1.54, 1.807) is 0 Å². The molecule has 4 saturated carbocycles. The molecule has 3 atom stereocenters. The monoisotopic (exact) mass is 269 g/mol. The minimum absolute atomic E-state index is 0.0587. The zero-order chi connectivity index (χ0) is 13.0. The van der Waals surface area contributed by atoms with E-state index in [0.29, 0.717) is 11.8 Å². The first kappa shape index (κ1) is 12.8. The van der Waals surface area contributed by atoms with Crippen molar-refractivity contribution in [2.75, 3.05) is 0 Å². The molecular weight excluding hydrogens is 246 g/mol. The lowest BCUT2D eigenvalue weighted by Gasteiger charge is -2.59. The highest BCUT2D eigenvalue weighted by molar-refractivity contribution is 6.24. The summed E-state index contributed by atoms with van der Waals surface area (Å²) in [5.74, 6) is 1.69. The molecular formula is C15H24ClNO. The van der Waals surface area contributed by atoms with Gasteiger partial charge in [0.05, 0.1) is 5.41 Å². The summed E-state index contributed by atoms with van der Waals surface area (Å²) in [6.45, 7) is 4.21. The molecule has 0 aliphatic heterocycles. The lowest BCUT2D eigenvalue weighted by atomic mass is 9.49. The van der Waals surface area contributed by atoms with Crippen LogP contribution in [0.25, 0.3) is 0 Å². The molecule has 102 valence electrons. The first-order chi connectivity index (χ1) is 8.45. The van der Waals surface area contributed by atoms with E-state index < -0.39 is 0 Å². The second kappa shape index (κ2) is 4.13. The van der Waals surface area contributed by atoms with Crippen LogP contribution in [0.3, 0.4) is 0 Å². The SMILES string of the molecule is CCC(C)NC(=O)C12CC3CC(CC(Cl)(C3)C1)C2. The minimum Gasteiger partial charge on any atom is -0.353 e. The third kappa shape index (κ3) is 1.97. The molecule has 0 aromatic rings. The van der Waals surface area contributed by atoms with Crippen LogP contribution < -0.4 is 5.32 Å². The first-order valence-electron chi connectivity index (χ1n) is 7.45. The number of carbonyl (C=O) groups is 1. The molecule has 0 radical (unpaired) electrons. The van der Waals surface area contributed by atoms with Gasteiger partial charge in [-0.1, -0.05) is 6.92 Å². The Morgan fingerprint density at radius 1 is 1.33 bits per heavy atom. The van der Waals surface area contributed by atoms with Crippen molar-refractivity contribution < 1.29 is 4.79 Å². The number of amides is 1. The number of rotatable bonds is 3. The Morgan fingerprint density at radius 3 is 2.44 bits per heavy atom. The van der Waals surface area contributed by atoms with E-state index in [1.165, 1.54) is 6.42 Å². The number of halogens is 1. The van der Waals surface area contributed by atoms with Gasteiger partial charge in [-0.2, -0.15) is 0 Å². The van der Waals surface area contributed by atoms with E-state index in [9.17, 15) is 4.79 Å². The van der Waals surface area contributed by atoms with Gasteiger partial charge < -0.3 is 5.32 Å². The van der Waals surface area contributed by atoms with E-state index in [-0.39, 0.29) is 22.2 Å². The molecule has 4 bridgehead atoms. The summed E-state index contributed by atoms with van der Waals surface area (Å²) in [5, 5.41) is 3.21. The lowest BCUT2D eigenvalue weighted by molar-refractivity contribution is -0.145. The fraction of sp³-hybridized carbons (Fsp3) is 0.933. The molecule has 4 fully saturated rings. The smallest absolute Gasteiger partial charge is 0.226 e. The zero-order valence-electron chi connectivity index (χ0n) is 11.5. The van der Waals surface area contributed by atoms with Crippen LogP contribution in [-0.2, 0) is 4.79 Å². The summed E-state index contributed by atoms with van der Waals surface area (Å²) in [5.41, 5.74) is -0.130. The van der Waals surface area contributed by atoms with E-state index >= 15 is 0 Å². The third-order valence-electron chi connectivity index (χ3n) is 5.46. The van der Waals surface area contributed by atoms with Gasteiger partial charge in [0.2, 0.25) is 5.91 Å². The van der Waals surface area contributed by atoms with Gasteiger partial charge in [0.25, 0.3) is 0 Å². The van der Waals surface area contributed by atoms with Crippen molar-refractivity contribution in [3.05, 3.63) is 0 Å². The fourth-order valence-corrected chi connectivity index (χ4v) is 5.59. The van der Waals surface area contributed by atoms with Crippen LogP contribution in [0.4, 0.5) is 0 Å². The van der Waals surface area contributed by atoms with Crippen LogP contribution in [0, 0.1) is 17.3 Å². The average molecular weight is 270 g/mol. The van der Waals surface area contributed by atoms with Crippen LogP contribution in [-0.4, -0.2) is 16.8 Å². The minimum atomic E-state index is -0.130. The topological polar surface area (TPSA) is 29.1 Å². The van der Waals surface area contributed by atoms with Crippen LogP contribution in [0.2, 0.25) is 0 Å². The molecule has 4 aliphatic carbocycles. The molecule has 3 heteroatoms. The van der Waals surface area contributed by atoms with Gasteiger partial charge in [0.15, 0.2) is 0 Å². The van der Waals surface area contributed by atoms with Crippen LogP contribution in [0.1, 0.15) is 58.8 Å². The second-order valence-corrected chi connectivity index (χ2v) is 7.98. The molecule has 18 heavy (non-hydrogen) atoms. The van der Waals surface area contributed by atoms with Crippen molar-refractivity contribution in [1.29, 1.82) is 0 Å². The highest BCUT2D eigenvalue weighted by Crippen LogP contribution is 2.63. The van der Waals surface area contributed by atoms with Gasteiger partial charge in [-0.15, -0.1) is 11.6 Å². The predicted molar refractivity (Wildman–Crippen MR) is 73.6 cm³/mol. The Kier molecular flexibility index (Phi) is 2.93. The maximum Gasteiger partial charge on any atom is 0.226 e. The Balaban J connectivity index is 1.80. The Bertz CT molecular complexity index is 354. The van der Waals surface area contributed by atoms with Crippen LogP contribution >= 0.6 is 11.6 Å². The van der Waals surface area contributed by atoms with E-state index in [1.807, 2.05) is 0 Å². The predicted octanol–water partition coefficient (Wildman–Crippen LogP) is 3.48. The molecule has 3 unspecified atom stereocenters. The summed E-state index contributed by atoms with van der Waals surface area (Å²) < 4.78 is 0. The Labute approximate surface area is 115 Å².